The molecule has 0 spiro atoms. The van der Waals surface area contributed by atoms with E-state index in [1.165, 1.54) is 24.3 Å². The van der Waals surface area contributed by atoms with Crippen LogP contribution in [-0.2, 0) is 0 Å². The molecule has 0 unspecified atom stereocenters. The van der Waals surface area contributed by atoms with E-state index in [0.29, 0.717) is 5.52 Å². The second kappa shape index (κ2) is 6.58. The summed E-state index contributed by atoms with van der Waals surface area (Å²) in [5.74, 6) is -0.705. The number of aromatic nitrogens is 1. The summed E-state index contributed by atoms with van der Waals surface area (Å²) in [6.07, 6.45) is 0. The van der Waals surface area contributed by atoms with Gasteiger partial charge in [0.15, 0.2) is 0 Å². The topological polar surface area (TPSA) is 113 Å². The van der Waals surface area contributed by atoms with Crippen LogP contribution in [0.2, 0.25) is 0 Å². The fourth-order valence-electron chi connectivity index (χ4n) is 2.79. The zero-order chi connectivity index (χ0) is 19.8. The first-order valence-electron chi connectivity index (χ1n) is 8.22. The number of aryl methyl sites for hydroxylation is 1. The molecule has 8 heteroatoms. The highest BCUT2D eigenvalue weighted by Crippen LogP contribution is 2.23. The Bertz CT molecular complexity index is 1330. The molecular formula is C20H12N2O6. The van der Waals surface area contributed by atoms with Gasteiger partial charge in [-0.1, -0.05) is 6.07 Å². The summed E-state index contributed by atoms with van der Waals surface area (Å²) in [5, 5.41) is 12.0. The van der Waals surface area contributed by atoms with Crippen molar-refractivity contribution in [3.63, 3.8) is 0 Å². The number of non-ortho nitro benzene ring substituents is 1. The van der Waals surface area contributed by atoms with Crippen molar-refractivity contribution in [2.24, 2.45) is 0 Å². The minimum Gasteiger partial charge on any atom is -0.423 e. The third-order valence-corrected chi connectivity index (χ3v) is 4.16. The number of hydrogen-bond donors (Lipinski definition) is 0. The van der Waals surface area contributed by atoms with Crippen molar-refractivity contribution in [1.82, 2.24) is 4.98 Å². The first-order valence-corrected chi connectivity index (χ1v) is 8.22. The van der Waals surface area contributed by atoms with E-state index in [0.717, 1.165) is 11.1 Å². The molecule has 0 radical (unpaired) electrons. The maximum absolute atomic E-state index is 12.5. The van der Waals surface area contributed by atoms with Gasteiger partial charge in [-0.15, -0.1) is 0 Å². The Kier molecular flexibility index (Phi) is 4.08. The van der Waals surface area contributed by atoms with E-state index in [2.05, 4.69) is 4.98 Å². The number of benzene rings is 2. The van der Waals surface area contributed by atoms with Gasteiger partial charge >= 0.3 is 11.6 Å². The van der Waals surface area contributed by atoms with E-state index in [-0.39, 0.29) is 28.0 Å². The number of fused-ring (bicyclic) bond motifs is 2. The summed E-state index contributed by atoms with van der Waals surface area (Å²) < 4.78 is 10.4. The Morgan fingerprint density at radius 3 is 2.64 bits per heavy atom. The summed E-state index contributed by atoms with van der Waals surface area (Å²) in [6.45, 7) is 1.84. The van der Waals surface area contributed by atoms with E-state index in [4.69, 9.17) is 9.15 Å². The molecule has 0 N–H and O–H groups in total. The highest BCUT2D eigenvalue weighted by atomic mass is 16.6. The van der Waals surface area contributed by atoms with Gasteiger partial charge in [0.25, 0.3) is 5.69 Å². The quantitative estimate of drug-likeness (QED) is 0.176. The summed E-state index contributed by atoms with van der Waals surface area (Å²) in [5.41, 5.74) is 0.166. The fraction of sp³-hybridized carbons (Fsp3) is 0.0500. The van der Waals surface area contributed by atoms with Crippen LogP contribution in [0.25, 0.3) is 21.9 Å². The van der Waals surface area contributed by atoms with E-state index in [1.807, 2.05) is 19.1 Å². The molecule has 0 fully saturated rings. The van der Waals surface area contributed by atoms with E-state index in [1.54, 1.807) is 18.2 Å². The van der Waals surface area contributed by atoms with Crippen LogP contribution in [0.15, 0.2) is 63.8 Å². The predicted molar refractivity (Wildman–Crippen MR) is 101 cm³/mol. The van der Waals surface area contributed by atoms with Crippen LogP contribution in [0.5, 0.6) is 5.75 Å². The lowest BCUT2D eigenvalue weighted by Crippen LogP contribution is -2.18. The van der Waals surface area contributed by atoms with Crippen LogP contribution in [-0.4, -0.2) is 15.9 Å². The zero-order valence-corrected chi connectivity index (χ0v) is 14.5. The standard InChI is InChI=1S/C20H12N2O6/c1-11-2-3-12-4-6-15(10-17(12)21-11)27-19(23)16-9-13-8-14(22(25)26)5-7-18(13)28-20(16)24/h2-10H,1H3. The first kappa shape index (κ1) is 17.3. The third-order valence-electron chi connectivity index (χ3n) is 4.16. The van der Waals surface area contributed by atoms with Crippen LogP contribution in [0, 0.1) is 17.0 Å². The number of nitrogens with zero attached hydrogens (tertiary/aromatic N) is 2. The van der Waals surface area contributed by atoms with Gasteiger partial charge in [-0.3, -0.25) is 15.1 Å². The number of pyridine rings is 1. The van der Waals surface area contributed by atoms with E-state index >= 15 is 0 Å². The molecule has 4 aromatic rings. The number of esters is 1. The fourth-order valence-corrected chi connectivity index (χ4v) is 2.79. The molecule has 4 rings (SSSR count). The number of nitro groups is 1. The van der Waals surface area contributed by atoms with Gasteiger partial charge in [0, 0.05) is 34.7 Å². The molecule has 0 aliphatic carbocycles. The lowest BCUT2D eigenvalue weighted by molar-refractivity contribution is -0.384. The van der Waals surface area contributed by atoms with Gasteiger partial charge in [-0.05, 0) is 37.3 Å². The summed E-state index contributed by atoms with van der Waals surface area (Å²) in [7, 11) is 0. The Morgan fingerprint density at radius 1 is 1.07 bits per heavy atom. The molecule has 0 aliphatic heterocycles. The molecule has 2 aromatic carbocycles. The number of ether oxygens (including phenoxy) is 1. The largest absolute Gasteiger partial charge is 0.423 e. The summed E-state index contributed by atoms with van der Waals surface area (Å²) in [6, 6.07) is 13.7. The third kappa shape index (κ3) is 3.18. The summed E-state index contributed by atoms with van der Waals surface area (Å²) in [4.78, 5) is 39.3. The second-order valence-corrected chi connectivity index (χ2v) is 6.12. The van der Waals surface area contributed by atoms with Crippen LogP contribution in [0.3, 0.4) is 0 Å². The smallest absolute Gasteiger partial charge is 0.351 e. The van der Waals surface area contributed by atoms with Crippen molar-refractivity contribution in [3.8, 4) is 5.75 Å². The minimum atomic E-state index is -0.922. The lowest BCUT2D eigenvalue weighted by atomic mass is 10.1. The number of carbonyl (C=O) groups excluding carboxylic acids is 1. The lowest BCUT2D eigenvalue weighted by Gasteiger charge is -2.06. The zero-order valence-electron chi connectivity index (χ0n) is 14.5. The van der Waals surface area contributed by atoms with Gasteiger partial charge in [-0.25, -0.2) is 9.59 Å². The molecule has 0 saturated carbocycles. The van der Waals surface area contributed by atoms with Crippen LogP contribution in [0.4, 0.5) is 5.69 Å². The van der Waals surface area contributed by atoms with Crippen molar-refractivity contribution < 1.29 is 18.9 Å². The molecule has 0 bridgehead atoms. The SMILES string of the molecule is Cc1ccc2ccc(OC(=O)c3cc4cc([N+](=O)[O-])ccc4oc3=O)cc2n1. The number of hydrogen-bond acceptors (Lipinski definition) is 7. The van der Waals surface area contributed by atoms with Gasteiger partial charge < -0.3 is 9.15 Å². The Labute approximate surface area is 157 Å². The Hall–Kier alpha value is -4.07. The maximum atomic E-state index is 12.5. The van der Waals surface area contributed by atoms with Crippen LogP contribution in [0.1, 0.15) is 16.1 Å². The molecule has 0 saturated heterocycles. The molecule has 8 nitrogen and oxygen atoms in total. The minimum absolute atomic E-state index is 0.137. The molecule has 0 aliphatic rings. The van der Waals surface area contributed by atoms with Crippen molar-refractivity contribution >= 4 is 33.5 Å². The van der Waals surface area contributed by atoms with E-state index in [9.17, 15) is 19.7 Å². The first-order chi connectivity index (χ1) is 13.4. The van der Waals surface area contributed by atoms with Crippen molar-refractivity contribution in [1.29, 1.82) is 0 Å². The average molecular weight is 376 g/mol. The molecule has 0 amide bonds. The monoisotopic (exact) mass is 376 g/mol. The van der Waals surface area contributed by atoms with Crippen LogP contribution < -0.4 is 10.4 Å². The summed E-state index contributed by atoms with van der Waals surface area (Å²) >= 11 is 0. The molecule has 28 heavy (non-hydrogen) atoms. The molecule has 2 heterocycles. The van der Waals surface area contributed by atoms with E-state index < -0.39 is 16.5 Å². The highest BCUT2D eigenvalue weighted by Gasteiger charge is 2.18. The van der Waals surface area contributed by atoms with Gasteiger partial charge in [0.05, 0.1) is 10.4 Å². The van der Waals surface area contributed by atoms with Crippen LogP contribution >= 0.6 is 0 Å². The number of rotatable bonds is 3. The number of nitro benzene ring substituents is 1. The molecule has 2 aromatic heterocycles. The van der Waals surface area contributed by atoms with Crippen molar-refractivity contribution in [2.75, 3.05) is 0 Å². The second-order valence-electron chi connectivity index (χ2n) is 6.12. The normalized spacial score (nSPS) is 10.9. The van der Waals surface area contributed by atoms with Crippen molar-refractivity contribution in [2.45, 2.75) is 6.92 Å². The molecule has 0 atom stereocenters. The van der Waals surface area contributed by atoms with Gasteiger partial charge in [-0.2, -0.15) is 0 Å². The maximum Gasteiger partial charge on any atom is 0.351 e. The highest BCUT2D eigenvalue weighted by molar-refractivity contribution is 5.95. The average Bonchev–Trinajstić information content (AvgIpc) is 2.66. The predicted octanol–water partition coefficient (Wildman–Crippen LogP) is 3.78. The van der Waals surface area contributed by atoms with Gasteiger partial charge in [0.1, 0.15) is 16.9 Å². The van der Waals surface area contributed by atoms with Gasteiger partial charge in [0.2, 0.25) is 0 Å². The molecule has 138 valence electrons. The number of carbonyl (C=O) groups is 1. The Balaban J connectivity index is 1.71. The molecular weight excluding hydrogens is 364 g/mol. The Morgan fingerprint density at radius 2 is 1.86 bits per heavy atom. The van der Waals surface area contributed by atoms with Crippen molar-refractivity contribution in [3.05, 3.63) is 86.4 Å².